The molecule has 7 fully saturated rings. The van der Waals surface area contributed by atoms with Gasteiger partial charge in [-0.05, 0) is 349 Å². The molecule has 0 N–H and O–H groups in total. The predicted octanol–water partition coefficient (Wildman–Crippen LogP) is 26.4. The Labute approximate surface area is 716 Å². The van der Waals surface area contributed by atoms with Crippen LogP contribution in [0.5, 0.6) is 28.7 Å². The van der Waals surface area contributed by atoms with Crippen LogP contribution in [0.3, 0.4) is 0 Å². The largest absolute Gasteiger partial charge is 0.482 e. The normalized spacial score (nSPS) is 20.3. The highest BCUT2D eigenvalue weighted by molar-refractivity contribution is 5.85. The second kappa shape index (κ2) is 45.7. The van der Waals surface area contributed by atoms with Gasteiger partial charge >= 0.3 is 29.8 Å². The van der Waals surface area contributed by atoms with Crippen molar-refractivity contribution in [2.45, 2.75) is 356 Å². The Bertz CT molecular complexity index is 4040. The molecule has 0 radical (unpaired) electrons. The summed E-state index contributed by atoms with van der Waals surface area (Å²) < 4.78 is 56.4. The van der Waals surface area contributed by atoms with Crippen molar-refractivity contribution in [2.75, 3.05) is 33.0 Å². The van der Waals surface area contributed by atoms with Gasteiger partial charge in [-0.2, -0.15) is 0 Å². The lowest BCUT2D eigenvalue weighted by atomic mass is 9.46. The smallest absolute Gasteiger partial charge is 0.344 e. The monoisotopic (exact) mass is 1640 g/mol. The molecule has 0 saturated heterocycles. The van der Waals surface area contributed by atoms with E-state index >= 15 is 0 Å². The van der Waals surface area contributed by atoms with Crippen molar-refractivity contribution >= 4 is 40.6 Å². The predicted molar refractivity (Wildman–Crippen MR) is 479 cm³/mol. The maximum Gasteiger partial charge on any atom is 0.344 e. The molecule has 7 aliphatic rings. The topological polar surface area (TPSA) is 178 Å². The molecule has 0 amide bonds. The minimum atomic E-state index is -0.471. The zero-order valence-electron chi connectivity index (χ0n) is 76.4. The molecular weight excluding hydrogens is 1490 g/mol. The Kier molecular flexibility index (Phi) is 37.0. The zero-order chi connectivity index (χ0) is 86.6. The summed E-state index contributed by atoms with van der Waals surface area (Å²) in [5.74, 6) is 7.88. The molecule has 4 bridgehead atoms. The first-order chi connectivity index (χ1) is 56.6. The van der Waals surface area contributed by atoms with Gasteiger partial charge in [0.05, 0.1) is 0 Å². The molecule has 15 nitrogen and oxygen atoms in total. The Hall–Kier alpha value is -8.07. The van der Waals surface area contributed by atoms with Crippen molar-refractivity contribution in [1.82, 2.24) is 0 Å². The number of hydrogen-bond donors (Lipinski definition) is 0. The van der Waals surface area contributed by atoms with Gasteiger partial charge in [0.15, 0.2) is 33.0 Å². The van der Waals surface area contributed by atoms with Crippen molar-refractivity contribution in [1.29, 1.82) is 0 Å². The molecule has 0 aliphatic heterocycles. The van der Waals surface area contributed by atoms with Gasteiger partial charge in [0.2, 0.25) is 0 Å². The number of benzene rings is 6. The molecule has 15 heteroatoms. The highest BCUT2D eigenvalue weighted by atomic mass is 16.6. The highest BCUT2D eigenvalue weighted by Crippen LogP contribution is 2.64. The fourth-order valence-corrected chi connectivity index (χ4v) is 18.5. The van der Waals surface area contributed by atoms with Crippen molar-refractivity contribution in [3.05, 3.63) is 161 Å². The van der Waals surface area contributed by atoms with Gasteiger partial charge in [0.1, 0.15) is 56.8 Å². The van der Waals surface area contributed by atoms with Gasteiger partial charge in [-0.3, -0.25) is 0 Å². The summed E-state index contributed by atoms with van der Waals surface area (Å²) in [4.78, 5) is 60.5. The number of rotatable bonds is 32. The molecule has 0 spiro atoms. The Morgan fingerprint density at radius 2 is 0.723 bits per heavy atom. The van der Waals surface area contributed by atoms with E-state index in [0.717, 1.165) is 143 Å². The SMILES string of the molecule is CCC(C)c1ccc(OCC(=O)OC(C)(C)C)cc1.CCC(C)c1ccc(OCC(=O)OC(C)(C)C23CC4CC(CC(C4)C2)C3)cc1.CCC(C)c1ccc(OCC(=O)OC2(CC)CCCCC2)cc1.CCC(C)c1ccc2cc(OCC(=O)OC(C)(C)C3CCCCC3)ccc2c1.CCC(C)c1cccc(OCC(=O)OC2(C)CCCC2)c1. The lowest BCUT2D eigenvalue weighted by Gasteiger charge is -2.61. The summed E-state index contributed by atoms with van der Waals surface area (Å²) >= 11 is 0. The van der Waals surface area contributed by atoms with Crippen molar-refractivity contribution < 1.29 is 71.3 Å². The first-order valence-electron chi connectivity index (χ1n) is 45.8. The Balaban J connectivity index is 0.000000187. The quantitative estimate of drug-likeness (QED) is 0.0288. The summed E-state index contributed by atoms with van der Waals surface area (Å²) in [5.41, 5.74) is 4.83. The van der Waals surface area contributed by atoms with Gasteiger partial charge in [-0.15, -0.1) is 0 Å². The number of carbonyl (C=O) groups excluding carboxylic acids is 5. The van der Waals surface area contributed by atoms with E-state index in [9.17, 15) is 24.0 Å². The van der Waals surface area contributed by atoms with Crippen LogP contribution < -0.4 is 23.7 Å². The van der Waals surface area contributed by atoms with E-state index in [-0.39, 0.29) is 79.5 Å². The van der Waals surface area contributed by atoms with E-state index in [1.807, 2.05) is 120 Å². The fraction of sp³-hybridized carbons (Fsp3) is 0.625. The maximum atomic E-state index is 12.6. The van der Waals surface area contributed by atoms with Gasteiger partial charge < -0.3 is 47.4 Å². The third-order valence-electron chi connectivity index (χ3n) is 26.9. The number of esters is 5. The van der Waals surface area contributed by atoms with E-state index in [2.05, 4.69) is 145 Å². The van der Waals surface area contributed by atoms with Gasteiger partial charge in [0.25, 0.3) is 0 Å². The van der Waals surface area contributed by atoms with Crippen LogP contribution in [0.4, 0.5) is 0 Å². The van der Waals surface area contributed by atoms with Crippen molar-refractivity contribution in [2.24, 2.45) is 29.1 Å². The Morgan fingerprint density at radius 3 is 1.17 bits per heavy atom. The summed E-state index contributed by atoms with van der Waals surface area (Å²) in [6.45, 7) is 39.8. The fourth-order valence-electron chi connectivity index (χ4n) is 18.5. The highest BCUT2D eigenvalue weighted by Gasteiger charge is 2.59. The van der Waals surface area contributed by atoms with E-state index in [1.54, 1.807) is 0 Å². The lowest BCUT2D eigenvalue weighted by Crippen LogP contribution is -2.57. The molecule has 119 heavy (non-hydrogen) atoms. The van der Waals surface area contributed by atoms with E-state index in [0.29, 0.717) is 47.0 Å². The molecule has 6 aromatic carbocycles. The standard InChI is InChI=1S/C25H36O3.C25H34O3.C20H30O3.C18H26O3.C16H24O3/c1-5-17(2)21-6-8-22(9-7-21)27-16-23(26)28-24(3,4)25-13-18-10-19(14-25)12-20(11-18)15-25;1-5-18(2)19-11-12-21-16-23(14-13-20(21)15-19)27-17-24(26)28-25(3,4)22-9-7-6-8-10-22;1-4-16(3)17-9-11-18(12-10-17)22-15-19(21)23-20(5-2)13-7-6-8-14-20;1-4-14(2)15-8-7-9-16(12-15)20-13-17(19)21-18(3)10-5-6-11-18;1-6-12(2)13-7-9-14(10-8-13)18-11-15(17)19-16(3,4)5/h6-9,17-20H,5,10-16H2,1-4H3;11-16,18,22H,5-10,17H2,1-4H3;9-12,16H,4-8,13-15H2,1-3H3;7-9,12,14H,4-6,10-11,13H2,1-3H3;7-10,12H,6,11H2,1-5H3. The average molecular weight is 1640 g/mol. The zero-order valence-corrected chi connectivity index (χ0v) is 76.4. The van der Waals surface area contributed by atoms with Crippen LogP contribution in [0.15, 0.2) is 133 Å². The van der Waals surface area contributed by atoms with Crippen molar-refractivity contribution in [3.8, 4) is 28.7 Å². The van der Waals surface area contributed by atoms with E-state index in [1.165, 1.54) is 97.4 Å². The van der Waals surface area contributed by atoms with Crippen LogP contribution in [0.2, 0.25) is 0 Å². The van der Waals surface area contributed by atoms with Gasteiger partial charge in [0, 0.05) is 5.41 Å². The third kappa shape index (κ3) is 30.2. The number of carbonyl (C=O) groups is 5. The first kappa shape index (κ1) is 96.4. The second-order valence-corrected chi connectivity index (χ2v) is 37.9. The minimum absolute atomic E-state index is 0.00950. The van der Waals surface area contributed by atoms with Crippen LogP contribution in [0.25, 0.3) is 10.8 Å². The molecule has 5 atom stereocenters. The van der Waals surface area contributed by atoms with E-state index < -0.39 is 16.8 Å². The average Bonchev–Trinajstić information content (AvgIpc) is 0.963. The Morgan fingerprint density at radius 1 is 0.370 bits per heavy atom. The molecular formula is C104H150O15. The summed E-state index contributed by atoms with van der Waals surface area (Å²) in [7, 11) is 0. The van der Waals surface area contributed by atoms with Gasteiger partial charge in [-0.1, -0.05) is 175 Å². The number of ether oxygens (including phenoxy) is 10. The molecule has 7 saturated carbocycles. The summed E-state index contributed by atoms with van der Waals surface area (Å²) in [6.07, 6.45) is 30.1. The molecule has 0 aromatic heterocycles. The summed E-state index contributed by atoms with van der Waals surface area (Å²) in [5, 5.41) is 2.33. The maximum absolute atomic E-state index is 12.6. The lowest BCUT2D eigenvalue weighted by molar-refractivity contribution is -0.200. The third-order valence-corrected chi connectivity index (χ3v) is 26.9. The minimum Gasteiger partial charge on any atom is -0.482 e. The molecule has 5 unspecified atom stereocenters. The second-order valence-electron chi connectivity index (χ2n) is 37.9. The van der Waals surface area contributed by atoms with Crippen LogP contribution in [-0.4, -0.2) is 90.9 Å². The van der Waals surface area contributed by atoms with Crippen LogP contribution in [0, 0.1) is 29.1 Å². The summed E-state index contributed by atoms with van der Waals surface area (Å²) in [6, 6.07) is 44.5. The molecule has 13 rings (SSSR count). The molecule has 0 heterocycles. The number of fused-ring (bicyclic) bond motifs is 1. The van der Waals surface area contributed by atoms with Crippen LogP contribution in [-0.2, 0) is 47.7 Å². The van der Waals surface area contributed by atoms with Crippen LogP contribution >= 0.6 is 0 Å². The van der Waals surface area contributed by atoms with Crippen LogP contribution in [0.1, 0.15) is 356 Å². The van der Waals surface area contributed by atoms with Gasteiger partial charge in [-0.25, -0.2) is 24.0 Å². The molecule has 6 aromatic rings. The molecule has 656 valence electrons. The van der Waals surface area contributed by atoms with Crippen molar-refractivity contribution in [3.63, 3.8) is 0 Å². The number of hydrogen-bond acceptors (Lipinski definition) is 15. The molecule has 7 aliphatic carbocycles. The first-order valence-corrected chi connectivity index (χ1v) is 45.8. The van der Waals surface area contributed by atoms with E-state index in [4.69, 9.17) is 47.4 Å².